The third kappa shape index (κ3) is 2.82. The van der Waals surface area contributed by atoms with Crippen LogP contribution in [0.15, 0.2) is 24.4 Å². The topological polar surface area (TPSA) is 31.4 Å². The van der Waals surface area contributed by atoms with Crippen molar-refractivity contribution in [1.29, 1.82) is 0 Å². The van der Waals surface area contributed by atoms with Gasteiger partial charge in [0.15, 0.2) is 0 Å². The van der Waals surface area contributed by atoms with Crippen LogP contribution in [0.2, 0.25) is 0 Å². The Hall–Kier alpha value is -1.13. The normalized spacial score (nSPS) is 25.6. The highest BCUT2D eigenvalue weighted by atomic mass is 15.3. The Kier molecular flexibility index (Phi) is 3.76. The highest BCUT2D eigenvalue weighted by Gasteiger charge is 2.22. The van der Waals surface area contributed by atoms with E-state index in [0.717, 1.165) is 38.0 Å². The summed E-state index contributed by atoms with van der Waals surface area (Å²) in [6.45, 7) is 6.95. The summed E-state index contributed by atoms with van der Waals surface area (Å²) in [7, 11) is 0. The van der Waals surface area contributed by atoms with Gasteiger partial charge in [-0.2, -0.15) is 0 Å². The number of pyridine rings is 1. The second-order valence-corrected chi connectivity index (χ2v) is 5.27. The SMILES string of the molecule is c1ccc(N2CCN(C[C@H]3CCCN3)CC2)nc1. The molecule has 2 aliphatic heterocycles. The van der Waals surface area contributed by atoms with Crippen molar-refractivity contribution in [2.75, 3.05) is 44.2 Å². The van der Waals surface area contributed by atoms with Crippen LogP contribution in [0.25, 0.3) is 0 Å². The Morgan fingerprint density at radius 1 is 1.22 bits per heavy atom. The molecule has 1 aromatic heterocycles. The van der Waals surface area contributed by atoms with Crippen molar-refractivity contribution >= 4 is 5.82 Å². The van der Waals surface area contributed by atoms with Crippen molar-refractivity contribution in [2.24, 2.45) is 0 Å². The molecule has 4 heteroatoms. The molecule has 0 amide bonds. The minimum Gasteiger partial charge on any atom is -0.354 e. The molecular formula is C14H22N4. The monoisotopic (exact) mass is 246 g/mol. The highest BCUT2D eigenvalue weighted by molar-refractivity contribution is 5.38. The van der Waals surface area contributed by atoms with E-state index in [2.05, 4.69) is 32.2 Å². The van der Waals surface area contributed by atoms with E-state index >= 15 is 0 Å². The summed E-state index contributed by atoms with van der Waals surface area (Å²) in [5.41, 5.74) is 0. The smallest absolute Gasteiger partial charge is 0.128 e. The number of hydrogen-bond donors (Lipinski definition) is 1. The molecule has 1 atom stereocenters. The van der Waals surface area contributed by atoms with Gasteiger partial charge >= 0.3 is 0 Å². The molecule has 1 aromatic rings. The third-order valence-electron chi connectivity index (χ3n) is 3.99. The van der Waals surface area contributed by atoms with Gasteiger partial charge < -0.3 is 10.2 Å². The first-order chi connectivity index (χ1) is 8.92. The summed E-state index contributed by atoms with van der Waals surface area (Å²) in [5.74, 6) is 1.12. The Balaban J connectivity index is 1.49. The van der Waals surface area contributed by atoms with E-state index in [-0.39, 0.29) is 0 Å². The van der Waals surface area contributed by atoms with Crippen LogP contribution in [-0.4, -0.2) is 55.2 Å². The number of nitrogens with zero attached hydrogens (tertiary/aromatic N) is 3. The lowest BCUT2D eigenvalue weighted by atomic mass is 10.2. The second kappa shape index (κ2) is 5.67. The van der Waals surface area contributed by atoms with Crippen LogP contribution in [0, 0.1) is 0 Å². The van der Waals surface area contributed by atoms with E-state index in [4.69, 9.17) is 0 Å². The first kappa shape index (κ1) is 11.9. The van der Waals surface area contributed by atoms with E-state index in [0.29, 0.717) is 0 Å². The molecule has 0 aliphatic carbocycles. The summed E-state index contributed by atoms with van der Waals surface area (Å²) in [5, 5.41) is 3.58. The van der Waals surface area contributed by atoms with Gasteiger partial charge in [-0.05, 0) is 31.5 Å². The van der Waals surface area contributed by atoms with Gasteiger partial charge in [-0.3, -0.25) is 4.90 Å². The van der Waals surface area contributed by atoms with E-state index in [1.807, 2.05) is 12.3 Å². The minimum absolute atomic E-state index is 0.728. The molecule has 0 bridgehead atoms. The van der Waals surface area contributed by atoms with Crippen LogP contribution in [0.3, 0.4) is 0 Å². The summed E-state index contributed by atoms with van der Waals surface area (Å²) < 4.78 is 0. The maximum absolute atomic E-state index is 4.43. The fourth-order valence-electron chi connectivity index (χ4n) is 2.92. The predicted molar refractivity (Wildman–Crippen MR) is 73.9 cm³/mol. The lowest BCUT2D eigenvalue weighted by molar-refractivity contribution is 0.235. The third-order valence-corrected chi connectivity index (χ3v) is 3.99. The first-order valence-corrected chi connectivity index (χ1v) is 7.03. The van der Waals surface area contributed by atoms with E-state index < -0.39 is 0 Å². The average Bonchev–Trinajstić information content (AvgIpc) is 2.94. The molecule has 0 saturated carbocycles. The summed E-state index contributed by atoms with van der Waals surface area (Å²) in [6.07, 6.45) is 4.57. The summed E-state index contributed by atoms with van der Waals surface area (Å²) in [6, 6.07) is 6.88. The van der Waals surface area contributed by atoms with Crippen LogP contribution in [-0.2, 0) is 0 Å². The zero-order chi connectivity index (χ0) is 12.2. The van der Waals surface area contributed by atoms with Crippen LogP contribution >= 0.6 is 0 Å². The van der Waals surface area contributed by atoms with Gasteiger partial charge in [0, 0.05) is 45.0 Å². The molecule has 1 N–H and O–H groups in total. The van der Waals surface area contributed by atoms with Gasteiger partial charge in [0.2, 0.25) is 0 Å². The molecule has 2 saturated heterocycles. The lowest BCUT2D eigenvalue weighted by Gasteiger charge is -2.36. The quantitative estimate of drug-likeness (QED) is 0.860. The van der Waals surface area contributed by atoms with Crippen molar-refractivity contribution in [3.8, 4) is 0 Å². The Morgan fingerprint density at radius 3 is 2.78 bits per heavy atom. The van der Waals surface area contributed by atoms with Gasteiger partial charge in [-0.1, -0.05) is 6.07 Å². The van der Waals surface area contributed by atoms with Gasteiger partial charge in [0.1, 0.15) is 5.82 Å². The van der Waals surface area contributed by atoms with Crippen LogP contribution in [0.1, 0.15) is 12.8 Å². The van der Waals surface area contributed by atoms with Crippen molar-refractivity contribution < 1.29 is 0 Å². The van der Waals surface area contributed by atoms with Crippen molar-refractivity contribution in [2.45, 2.75) is 18.9 Å². The Labute approximate surface area is 109 Å². The van der Waals surface area contributed by atoms with Gasteiger partial charge in [-0.15, -0.1) is 0 Å². The lowest BCUT2D eigenvalue weighted by Crippen LogP contribution is -2.50. The maximum atomic E-state index is 4.43. The molecule has 2 fully saturated rings. The highest BCUT2D eigenvalue weighted by Crippen LogP contribution is 2.14. The number of hydrogen-bond acceptors (Lipinski definition) is 4. The molecule has 0 spiro atoms. The van der Waals surface area contributed by atoms with Gasteiger partial charge in [0.05, 0.1) is 0 Å². The van der Waals surface area contributed by atoms with Gasteiger partial charge in [-0.25, -0.2) is 4.98 Å². The zero-order valence-electron chi connectivity index (χ0n) is 10.9. The van der Waals surface area contributed by atoms with Crippen LogP contribution in [0.5, 0.6) is 0 Å². The molecule has 3 heterocycles. The molecule has 0 unspecified atom stereocenters. The fourth-order valence-corrected chi connectivity index (χ4v) is 2.92. The molecule has 0 aromatic carbocycles. The Morgan fingerprint density at radius 2 is 2.11 bits per heavy atom. The largest absolute Gasteiger partial charge is 0.354 e. The fraction of sp³-hybridized carbons (Fsp3) is 0.643. The summed E-state index contributed by atoms with van der Waals surface area (Å²) >= 11 is 0. The molecule has 4 nitrogen and oxygen atoms in total. The number of piperazine rings is 1. The van der Waals surface area contributed by atoms with E-state index in [1.165, 1.54) is 25.9 Å². The van der Waals surface area contributed by atoms with Crippen molar-refractivity contribution in [3.63, 3.8) is 0 Å². The van der Waals surface area contributed by atoms with Gasteiger partial charge in [0.25, 0.3) is 0 Å². The van der Waals surface area contributed by atoms with Crippen molar-refractivity contribution in [1.82, 2.24) is 15.2 Å². The van der Waals surface area contributed by atoms with E-state index in [1.54, 1.807) is 0 Å². The molecule has 18 heavy (non-hydrogen) atoms. The Bertz CT molecular complexity index is 353. The molecule has 98 valence electrons. The zero-order valence-corrected chi connectivity index (χ0v) is 10.9. The minimum atomic E-state index is 0.728. The average molecular weight is 246 g/mol. The standard InChI is InChI=1S/C14H22N4/c1-2-6-16-14(5-1)18-10-8-17(9-11-18)12-13-4-3-7-15-13/h1-2,5-6,13,15H,3-4,7-12H2/t13-/m1/s1. The van der Waals surface area contributed by atoms with E-state index in [9.17, 15) is 0 Å². The molecule has 2 aliphatic rings. The first-order valence-electron chi connectivity index (χ1n) is 7.03. The summed E-state index contributed by atoms with van der Waals surface area (Å²) in [4.78, 5) is 9.40. The molecule has 0 radical (unpaired) electrons. The maximum Gasteiger partial charge on any atom is 0.128 e. The number of aromatic nitrogens is 1. The number of nitrogens with one attached hydrogen (secondary N) is 1. The van der Waals surface area contributed by atoms with Crippen LogP contribution in [0.4, 0.5) is 5.82 Å². The molecular weight excluding hydrogens is 224 g/mol. The second-order valence-electron chi connectivity index (χ2n) is 5.27. The predicted octanol–water partition coefficient (Wildman–Crippen LogP) is 0.956. The van der Waals surface area contributed by atoms with Crippen LogP contribution < -0.4 is 10.2 Å². The number of rotatable bonds is 3. The van der Waals surface area contributed by atoms with Crippen molar-refractivity contribution in [3.05, 3.63) is 24.4 Å². The number of anilines is 1. The molecule has 3 rings (SSSR count).